The van der Waals surface area contributed by atoms with Crippen molar-refractivity contribution < 1.29 is 4.79 Å². The Labute approximate surface area is 223 Å². The molecule has 0 unspecified atom stereocenters. The molecule has 0 bridgehead atoms. The van der Waals surface area contributed by atoms with Crippen molar-refractivity contribution in [2.24, 2.45) is 5.10 Å². The SMILES string of the molecule is CC1=NN(c2nc(-c3[nH]c4ccc(C)cc4c3-c3ccccc3)nc3c2nnn3Cc2ccccc2)C(=O)C1. The summed E-state index contributed by atoms with van der Waals surface area (Å²) in [6, 6.07) is 26.5. The molecule has 1 N–H and O–H groups in total. The van der Waals surface area contributed by atoms with E-state index in [0.717, 1.165) is 44.6 Å². The zero-order chi connectivity index (χ0) is 26.5. The van der Waals surface area contributed by atoms with Crippen molar-refractivity contribution in [3.8, 4) is 22.6 Å². The van der Waals surface area contributed by atoms with Gasteiger partial charge in [-0.15, -0.1) is 5.10 Å². The van der Waals surface area contributed by atoms with E-state index in [9.17, 15) is 4.79 Å². The zero-order valence-corrected chi connectivity index (χ0v) is 21.5. The lowest BCUT2D eigenvalue weighted by atomic mass is 10.0. The Morgan fingerprint density at radius 2 is 1.69 bits per heavy atom. The Balaban J connectivity index is 1.50. The fourth-order valence-electron chi connectivity index (χ4n) is 5.06. The summed E-state index contributed by atoms with van der Waals surface area (Å²) in [5.41, 5.74) is 7.64. The number of rotatable bonds is 5. The van der Waals surface area contributed by atoms with Gasteiger partial charge < -0.3 is 4.98 Å². The zero-order valence-electron chi connectivity index (χ0n) is 21.5. The summed E-state index contributed by atoms with van der Waals surface area (Å²) < 4.78 is 1.74. The monoisotopic (exact) mass is 512 g/mol. The molecule has 6 aromatic rings. The van der Waals surface area contributed by atoms with E-state index in [1.54, 1.807) is 4.68 Å². The molecule has 0 aliphatic carbocycles. The molecule has 0 saturated heterocycles. The first-order valence-electron chi connectivity index (χ1n) is 12.8. The third-order valence-corrected chi connectivity index (χ3v) is 6.87. The van der Waals surface area contributed by atoms with Crippen LogP contribution >= 0.6 is 0 Å². The number of hydrogen-bond donors (Lipinski definition) is 1. The van der Waals surface area contributed by atoms with E-state index in [1.165, 1.54) is 5.01 Å². The summed E-state index contributed by atoms with van der Waals surface area (Å²) in [6.07, 6.45) is 0.236. The number of H-pyrrole nitrogens is 1. The molecule has 0 radical (unpaired) electrons. The molecule has 0 fully saturated rings. The number of carbonyl (C=O) groups excluding carboxylic acids is 1. The van der Waals surface area contributed by atoms with Crippen molar-refractivity contribution in [2.75, 3.05) is 5.01 Å². The van der Waals surface area contributed by atoms with E-state index in [1.807, 2.05) is 55.5 Å². The van der Waals surface area contributed by atoms with Crippen LogP contribution in [0.15, 0.2) is 84.0 Å². The molecular formula is C30H24N8O. The molecule has 0 atom stereocenters. The minimum atomic E-state index is -0.161. The molecule has 3 aromatic carbocycles. The Morgan fingerprint density at radius 3 is 2.44 bits per heavy atom. The third-order valence-electron chi connectivity index (χ3n) is 6.87. The maximum absolute atomic E-state index is 12.9. The van der Waals surface area contributed by atoms with Gasteiger partial charge in [0.15, 0.2) is 22.8 Å². The first-order chi connectivity index (χ1) is 19.0. The number of hydrazone groups is 1. The van der Waals surface area contributed by atoms with Crippen LogP contribution in [0.1, 0.15) is 24.5 Å². The summed E-state index contributed by atoms with van der Waals surface area (Å²) in [4.78, 5) is 26.4. The highest BCUT2D eigenvalue weighted by Gasteiger charge is 2.30. The minimum absolute atomic E-state index is 0.161. The summed E-state index contributed by atoms with van der Waals surface area (Å²) in [7, 11) is 0. The topological polar surface area (TPSA) is 105 Å². The van der Waals surface area contributed by atoms with Gasteiger partial charge in [0.05, 0.1) is 18.7 Å². The number of hydrogen-bond acceptors (Lipinski definition) is 6. The predicted molar refractivity (Wildman–Crippen MR) is 151 cm³/mol. The van der Waals surface area contributed by atoms with Gasteiger partial charge in [-0.05, 0) is 37.1 Å². The predicted octanol–water partition coefficient (Wildman–Crippen LogP) is 5.51. The number of fused-ring (bicyclic) bond motifs is 2. The van der Waals surface area contributed by atoms with Crippen LogP contribution in [0.2, 0.25) is 0 Å². The molecule has 4 heterocycles. The van der Waals surface area contributed by atoms with Crippen LogP contribution in [-0.4, -0.2) is 41.6 Å². The highest BCUT2D eigenvalue weighted by molar-refractivity contribution is 6.14. The number of nitrogens with one attached hydrogen (secondary N) is 1. The summed E-state index contributed by atoms with van der Waals surface area (Å²) >= 11 is 0. The second-order valence-corrected chi connectivity index (χ2v) is 9.78. The molecule has 1 amide bonds. The van der Waals surface area contributed by atoms with Gasteiger partial charge in [-0.1, -0.05) is 77.5 Å². The standard InChI is InChI=1S/C30H24N8O/c1-18-13-14-23-22(15-18)25(21-11-7-4-8-12-21)26(31-23)28-32-29-27(30(33-28)38-24(39)16-19(2)35-38)34-36-37(29)17-20-9-5-3-6-10-20/h3-15,31H,16-17H2,1-2H3. The number of carbonyl (C=O) groups is 1. The smallest absolute Gasteiger partial charge is 0.254 e. The average molecular weight is 513 g/mol. The van der Waals surface area contributed by atoms with Gasteiger partial charge in [-0.3, -0.25) is 4.79 Å². The molecule has 190 valence electrons. The number of anilines is 1. The largest absolute Gasteiger partial charge is 0.351 e. The molecular weight excluding hydrogens is 488 g/mol. The molecule has 0 saturated carbocycles. The van der Waals surface area contributed by atoms with Gasteiger partial charge in [0, 0.05) is 22.2 Å². The van der Waals surface area contributed by atoms with E-state index >= 15 is 0 Å². The molecule has 39 heavy (non-hydrogen) atoms. The molecule has 9 heteroatoms. The molecule has 7 rings (SSSR count). The lowest BCUT2D eigenvalue weighted by Crippen LogP contribution is -2.21. The second kappa shape index (κ2) is 8.98. The third kappa shape index (κ3) is 3.95. The Kier molecular flexibility index (Phi) is 5.29. The highest BCUT2D eigenvalue weighted by atomic mass is 16.2. The number of aromatic amines is 1. The number of nitrogens with zero attached hydrogens (tertiary/aromatic N) is 7. The van der Waals surface area contributed by atoms with Crippen LogP contribution < -0.4 is 5.01 Å². The van der Waals surface area contributed by atoms with Crippen molar-refractivity contribution in [2.45, 2.75) is 26.8 Å². The van der Waals surface area contributed by atoms with Crippen LogP contribution in [0, 0.1) is 6.92 Å². The molecule has 9 nitrogen and oxygen atoms in total. The van der Waals surface area contributed by atoms with Gasteiger partial charge in [0.25, 0.3) is 5.91 Å². The van der Waals surface area contributed by atoms with Crippen molar-refractivity contribution in [1.29, 1.82) is 0 Å². The van der Waals surface area contributed by atoms with E-state index in [0.29, 0.717) is 29.4 Å². The van der Waals surface area contributed by atoms with Crippen molar-refractivity contribution in [1.82, 2.24) is 29.9 Å². The van der Waals surface area contributed by atoms with Gasteiger partial charge in [0.2, 0.25) is 0 Å². The quantitative estimate of drug-likeness (QED) is 0.328. The van der Waals surface area contributed by atoms with Crippen LogP contribution in [0.3, 0.4) is 0 Å². The maximum Gasteiger partial charge on any atom is 0.254 e. The summed E-state index contributed by atoms with van der Waals surface area (Å²) in [5, 5.41) is 15.7. The first kappa shape index (κ1) is 23.0. The van der Waals surface area contributed by atoms with Crippen LogP contribution in [-0.2, 0) is 11.3 Å². The number of aromatic nitrogens is 6. The van der Waals surface area contributed by atoms with Gasteiger partial charge in [0.1, 0.15) is 0 Å². The lowest BCUT2D eigenvalue weighted by molar-refractivity contribution is -0.116. The van der Waals surface area contributed by atoms with Gasteiger partial charge >= 0.3 is 0 Å². The second-order valence-electron chi connectivity index (χ2n) is 9.78. The number of benzene rings is 3. The molecule has 1 aliphatic heterocycles. The Morgan fingerprint density at radius 1 is 0.923 bits per heavy atom. The average Bonchev–Trinajstić information content (AvgIpc) is 3.63. The number of aryl methyl sites for hydroxylation is 1. The maximum atomic E-state index is 12.9. The minimum Gasteiger partial charge on any atom is -0.351 e. The van der Waals surface area contributed by atoms with Gasteiger partial charge in [-0.25, -0.2) is 14.6 Å². The Bertz CT molecular complexity index is 1900. The van der Waals surface area contributed by atoms with Crippen LogP contribution in [0.25, 0.3) is 44.7 Å². The van der Waals surface area contributed by atoms with E-state index in [4.69, 9.17) is 9.97 Å². The highest BCUT2D eigenvalue weighted by Crippen LogP contribution is 2.39. The molecule has 3 aromatic heterocycles. The van der Waals surface area contributed by atoms with E-state index < -0.39 is 0 Å². The fourth-order valence-corrected chi connectivity index (χ4v) is 5.06. The van der Waals surface area contributed by atoms with Gasteiger partial charge in [-0.2, -0.15) is 10.1 Å². The van der Waals surface area contributed by atoms with Crippen LogP contribution in [0.5, 0.6) is 0 Å². The van der Waals surface area contributed by atoms with Crippen molar-refractivity contribution in [3.05, 3.63) is 90.0 Å². The fraction of sp³-hybridized carbons (Fsp3) is 0.133. The van der Waals surface area contributed by atoms with E-state index in [2.05, 4.69) is 57.7 Å². The summed E-state index contributed by atoms with van der Waals surface area (Å²) in [5.74, 6) is 0.603. The molecule has 0 spiro atoms. The Hall–Kier alpha value is -5.18. The van der Waals surface area contributed by atoms with Crippen molar-refractivity contribution in [3.63, 3.8) is 0 Å². The first-order valence-corrected chi connectivity index (χ1v) is 12.8. The van der Waals surface area contributed by atoms with Crippen LogP contribution in [0.4, 0.5) is 5.82 Å². The lowest BCUT2D eigenvalue weighted by Gasteiger charge is -2.13. The molecule has 1 aliphatic rings. The number of amides is 1. The van der Waals surface area contributed by atoms with Crippen molar-refractivity contribution >= 4 is 39.5 Å². The summed E-state index contributed by atoms with van der Waals surface area (Å²) in [6.45, 7) is 4.38. The van der Waals surface area contributed by atoms with E-state index in [-0.39, 0.29) is 12.3 Å². The normalized spacial score (nSPS) is 13.5.